The summed E-state index contributed by atoms with van der Waals surface area (Å²) in [5, 5.41) is 5.41. The second-order valence-electron chi connectivity index (χ2n) is 4.08. The van der Waals surface area contributed by atoms with Gasteiger partial charge in [-0.2, -0.15) is 0 Å². The lowest BCUT2D eigenvalue weighted by molar-refractivity contribution is -0.130. The number of nitrogens with two attached hydrogens (primary N) is 1. The predicted octanol–water partition coefficient (Wildman–Crippen LogP) is 0.00380. The van der Waals surface area contributed by atoms with E-state index < -0.39 is 5.41 Å². The maximum Gasteiger partial charge on any atom is 0.227 e. The number of carbonyl (C=O) groups excluding carboxylic acids is 2. The number of hydrogen-bond donors (Lipinski definition) is 3. The Hall–Kier alpha value is -1.10. The number of carbonyl (C=O) groups is 2. The molecule has 5 heteroatoms. The zero-order valence-electron chi connectivity index (χ0n) is 10.4. The largest absolute Gasteiger partial charge is 0.356 e. The summed E-state index contributed by atoms with van der Waals surface area (Å²) in [6, 6.07) is 0. The van der Waals surface area contributed by atoms with Crippen LogP contribution in [0.15, 0.2) is 0 Å². The van der Waals surface area contributed by atoms with Gasteiger partial charge in [0, 0.05) is 26.1 Å². The summed E-state index contributed by atoms with van der Waals surface area (Å²) in [5.74, 6) is -0.129. The third-order valence-electron chi connectivity index (χ3n) is 2.79. The van der Waals surface area contributed by atoms with Gasteiger partial charge in [0.15, 0.2) is 0 Å². The smallest absolute Gasteiger partial charge is 0.227 e. The Balaban J connectivity index is 3.94. The number of rotatable bonds is 7. The number of amides is 2. The van der Waals surface area contributed by atoms with Crippen molar-refractivity contribution in [1.82, 2.24) is 10.6 Å². The topological polar surface area (TPSA) is 84.2 Å². The molecule has 1 unspecified atom stereocenters. The summed E-state index contributed by atoms with van der Waals surface area (Å²) in [5.41, 5.74) is 5.03. The highest BCUT2D eigenvalue weighted by Crippen LogP contribution is 2.18. The fourth-order valence-corrected chi connectivity index (χ4v) is 1.19. The van der Waals surface area contributed by atoms with Crippen LogP contribution in [0.25, 0.3) is 0 Å². The molecule has 94 valence electrons. The number of hydrogen-bond acceptors (Lipinski definition) is 3. The Morgan fingerprint density at radius 2 is 1.88 bits per heavy atom. The molecule has 0 spiro atoms. The van der Waals surface area contributed by atoms with Crippen LogP contribution >= 0.6 is 0 Å². The van der Waals surface area contributed by atoms with Crippen LogP contribution in [0, 0.1) is 5.41 Å². The molecule has 0 heterocycles. The molecule has 2 amide bonds. The summed E-state index contributed by atoms with van der Waals surface area (Å²) in [7, 11) is 0. The van der Waals surface area contributed by atoms with Gasteiger partial charge in [-0.1, -0.05) is 6.92 Å². The highest BCUT2D eigenvalue weighted by Gasteiger charge is 2.29. The Morgan fingerprint density at radius 1 is 1.25 bits per heavy atom. The van der Waals surface area contributed by atoms with E-state index in [9.17, 15) is 9.59 Å². The molecule has 0 aliphatic rings. The van der Waals surface area contributed by atoms with E-state index in [0.717, 1.165) is 0 Å². The average molecular weight is 229 g/mol. The van der Waals surface area contributed by atoms with Crippen LogP contribution < -0.4 is 16.4 Å². The highest BCUT2D eigenvalue weighted by molar-refractivity contribution is 5.83. The monoisotopic (exact) mass is 229 g/mol. The van der Waals surface area contributed by atoms with Gasteiger partial charge < -0.3 is 16.4 Å². The van der Waals surface area contributed by atoms with E-state index in [1.807, 2.05) is 20.8 Å². The third-order valence-corrected chi connectivity index (χ3v) is 2.79. The zero-order valence-corrected chi connectivity index (χ0v) is 10.4. The normalized spacial score (nSPS) is 14.0. The average Bonchev–Trinajstić information content (AvgIpc) is 2.28. The molecule has 5 nitrogen and oxygen atoms in total. The Morgan fingerprint density at radius 3 is 2.31 bits per heavy atom. The van der Waals surface area contributed by atoms with E-state index in [4.69, 9.17) is 5.73 Å². The minimum atomic E-state index is -0.527. The molecule has 0 saturated heterocycles. The SMILES string of the molecule is CCNC(=O)CCNC(=O)C(C)(CC)CN. The van der Waals surface area contributed by atoms with Gasteiger partial charge in [-0.3, -0.25) is 9.59 Å². The maximum absolute atomic E-state index is 11.7. The summed E-state index contributed by atoms with van der Waals surface area (Å²) in [6.45, 7) is 6.91. The quantitative estimate of drug-likeness (QED) is 0.574. The van der Waals surface area contributed by atoms with Crippen molar-refractivity contribution >= 4 is 11.8 Å². The fraction of sp³-hybridized carbons (Fsp3) is 0.818. The minimum absolute atomic E-state index is 0.0475. The van der Waals surface area contributed by atoms with Crippen LogP contribution in [0.3, 0.4) is 0 Å². The van der Waals surface area contributed by atoms with E-state index in [1.54, 1.807) is 0 Å². The maximum atomic E-state index is 11.7. The van der Waals surface area contributed by atoms with Crippen molar-refractivity contribution in [3.63, 3.8) is 0 Å². The van der Waals surface area contributed by atoms with E-state index in [0.29, 0.717) is 32.5 Å². The van der Waals surface area contributed by atoms with Crippen molar-refractivity contribution in [2.45, 2.75) is 33.6 Å². The molecule has 0 aliphatic heterocycles. The summed E-state index contributed by atoms with van der Waals surface area (Å²) < 4.78 is 0. The van der Waals surface area contributed by atoms with Gasteiger partial charge in [0.2, 0.25) is 11.8 Å². The lowest BCUT2D eigenvalue weighted by Gasteiger charge is -2.24. The van der Waals surface area contributed by atoms with Crippen molar-refractivity contribution in [2.24, 2.45) is 11.1 Å². The van der Waals surface area contributed by atoms with Crippen LogP contribution in [0.5, 0.6) is 0 Å². The lowest BCUT2D eigenvalue weighted by atomic mass is 9.87. The molecule has 0 bridgehead atoms. The molecule has 0 fully saturated rings. The van der Waals surface area contributed by atoms with E-state index in [1.165, 1.54) is 0 Å². The van der Waals surface area contributed by atoms with Crippen molar-refractivity contribution in [2.75, 3.05) is 19.6 Å². The molecule has 0 aromatic carbocycles. The first-order valence-corrected chi connectivity index (χ1v) is 5.75. The highest BCUT2D eigenvalue weighted by atomic mass is 16.2. The molecule has 0 aromatic heterocycles. The minimum Gasteiger partial charge on any atom is -0.356 e. The molecular weight excluding hydrogens is 206 g/mol. The van der Waals surface area contributed by atoms with Crippen molar-refractivity contribution in [3.8, 4) is 0 Å². The van der Waals surface area contributed by atoms with Crippen LogP contribution in [0.1, 0.15) is 33.6 Å². The summed E-state index contributed by atoms with van der Waals surface area (Å²) in [4.78, 5) is 22.9. The second kappa shape index (κ2) is 7.22. The second-order valence-corrected chi connectivity index (χ2v) is 4.08. The van der Waals surface area contributed by atoms with Gasteiger partial charge in [0.05, 0.1) is 5.41 Å². The van der Waals surface area contributed by atoms with Crippen LogP contribution in [0.4, 0.5) is 0 Å². The first kappa shape index (κ1) is 14.9. The third kappa shape index (κ3) is 4.61. The van der Waals surface area contributed by atoms with Crippen molar-refractivity contribution < 1.29 is 9.59 Å². The van der Waals surface area contributed by atoms with E-state index in [-0.39, 0.29) is 11.8 Å². The molecular formula is C11H23N3O2. The summed E-state index contributed by atoms with van der Waals surface area (Å²) >= 11 is 0. The first-order valence-electron chi connectivity index (χ1n) is 5.75. The van der Waals surface area contributed by atoms with Crippen LogP contribution in [-0.4, -0.2) is 31.4 Å². The zero-order chi connectivity index (χ0) is 12.6. The first-order chi connectivity index (χ1) is 7.50. The van der Waals surface area contributed by atoms with E-state index in [2.05, 4.69) is 10.6 Å². The van der Waals surface area contributed by atoms with Crippen molar-refractivity contribution in [1.29, 1.82) is 0 Å². The summed E-state index contributed by atoms with van der Waals surface area (Å²) in [6.07, 6.45) is 1.00. The Labute approximate surface area is 97.2 Å². The van der Waals surface area contributed by atoms with Gasteiger partial charge in [-0.05, 0) is 20.3 Å². The van der Waals surface area contributed by atoms with Gasteiger partial charge in [0.25, 0.3) is 0 Å². The van der Waals surface area contributed by atoms with E-state index >= 15 is 0 Å². The fourth-order valence-electron chi connectivity index (χ4n) is 1.19. The molecule has 0 saturated carbocycles. The lowest BCUT2D eigenvalue weighted by Crippen LogP contribution is -2.44. The van der Waals surface area contributed by atoms with Crippen LogP contribution in [-0.2, 0) is 9.59 Å². The standard InChI is InChI=1S/C11H23N3O2/c1-4-11(3,8-12)10(16)14-7-6-9(15)13-5-2/h4-8,12H2,1-3H3,(H,13,15)(H,14,16). The van der Waals surface area contributed by atoms with Crippen LogP contribution in [0.2, 0.25) is 0 Å². The predicted molar refractivity (Wildman–Crippen MR) is 63.8 cm³/mol. The molecule has 4 N–H and O–H groups in total. The van der Waals surface area contributed by atoms with Crippen molar-refractivity contribution in [3.05, 3.63) is 0 Å². The molecule has 0 radical (unpaired) electrons. The molecule has 0 aliphatic carbocycles. The molecule has 16 heavy (non-hydrogen) atoms. The number of nitrogens with one attached hydrogen (secondary N) is 2. The Kier molecular flexibility index (Phi) is 6.72. The molecule has 0 aromatic rings. The van der Waals surface area contributed by atoms with Gasteiger partial charge in [0.1, 0.15) is 0 Å². The van der Waals surface area contributed by atoms with Gasteiger partial charge >= 0.3 is 0 Å². The Bertz CT molecular complexity index is 237. The van der Waals surface area contributed by atoms with Gasteiger partial charge in [-0.15, -0.1) is 0 Å². The molecule has 0 rings (SSSR count). The molecule has 1 atom stereocenters. The van der Waals surface area contributed by atoms with Gasteiger partial charge in [-0.25, -0.2) is 0 Å².